The topological polar surface area (TPSA) is 38.5 Å². The van der Waals surface area contributed by atoms with E-state index in [-0.39, 0.29) is 11.6 Å². The van der Waals surface area contributed by atoms with E-state index in [1.54, 1.807) is 0 Å². The van der Waals surface area contributed by atoms with Crippen molar-refractivity contribution in [2.45, 2.75) is 37.8 Å². The van der Waals surface area contributed by atoms with Crippen LogP contribution >= 0.6 is 15.9 Å². The van der Waals surface area contributed by atoms with Crippen LogP contribution in [0.4, 0.5) is 0 Å². The van der Waals surface area contributed by atoms with E-state index >= 15 is 0 Å². The molecule has 2 N–H and O–H groups in total. The molecule has 1 aromatic carbocycles. The predicted molar refractivity (Wildman–Crippen MR) is 86.8 cm³/mol. The van der Waals surface area contributed by atoms with Gasteiger partial charge in [-0.25, -0.2) is 0 Å². The molecule has 0 bridgehead atoms. The summed E-state index contributed by atoms with van der Waals surface area (Å²) >= 11 is 3.45. The first-order valence-corrected chi connectivity index (χ1v) is 8.10. The number of hydrogen-bond donors (Lipinski definition) is 1. The molecule has 2 unspecified atom stereocenters. The maximum atomic E-state index is 6.29. The number of benzene rings is 1. The minimum Gasteiger partial charge on any atom is -0.377 e. The third kappa shape index (κ3) is 4.29. The zero-order chi connectivity index (χ0) is 14.6. The molecule has 1 heterocycles. The summed E-state index contributed by atoms with van der Waals surface area (Å²) in [4.78, 5) is 2.48. The molecule has 2 atom stereocenters. The van der Waals surface area contributed by atoms with Gasteiger partial charge in [0.25, 0.3) is 0 Å². The summed E-state index contributed by atoms with van der Waals surface area (Å²) in [5.41, 5.74) is 7.51. The fourth-order valence-electron chi connectivity index (χ4n) is 2.86. The Balaban J connectivity index is 1.84. The van der Waals surface area contributed by atoms with Crippen LogP contribution < -0.4 is 5.73 Å². The van der Waals surface area contributed by atoms with Crippen LogP contribution in [0, 0.1) is 0 Å². The van der Waals surface area contributed by atoms with Crippen LogP contribution in [0.15, 0.2) is 28.7 Å². The summed E-state index contributed by atoms with van der Waals surface area (Å²) in [7, 11) is 1.82. The molecule has 1 saturated heterocycles. The summed E-state index contributed by atoms with van der Waals surface area (Å²) in [6.07, 6.45) is 3.35. The van der Waals surface area contributed by atoms with Crippen LogP contribution in [0.5, 0.6) is 0 Å². The van der Waals surface area contributed by atoms with E-state index in [1.165, 1.54) is 12.0 Å². The smallest absolute Gasteiger partial charge is 0.0777 e. The molecule has 20 heavy (non-hydrogen) atoms. The van der Waals surface area contributed by atoms with E-state index in [9.17, 15) is 0 Å². The molecular formula is C16H25BrN2O. The number of likely N-dealkylation sites (tertiary alicyclic amines) is 1. The van der Waals surface area contributed by atoms with Gasteiger partial charge in [0.2, 0.25) is 0 Å². The number of nitrogens with zero attached hydrogens (tertiary/aromatic N) is 1. The van der Waals surface area contributed by atoms with Gasteiger partial charge in [0.1, 0.15) is 0 Å². The van der Waals surface area contributed by atoms with Gasteiger partial charge in [-0.15, -0.1) is 0 Å². The second-order valence-corrected chi connectivity index (χ2v) is 6.90. The zero-order valence-corrected chi connectivity index (χ0v) is 14.0. The van der Waals surface area contributed by atoms with Gasteiger partial charge >= 0.3 is 0 Å². The van der Waals surface area contributed by atoms with Crippen molar-refractivity contribution in [3.63, 3.8) is 0 Å². The van der Waals surface area contributed by atoms with Gasteiger partial charge in [0.15, 0.2) is 0 Å². The molecule has 0 saturated carbocycles. The molecule has 1 aliphatic heterocycles. The minimum absolute atomic E-state index is 0.0138. The third-order valence-electron chi connectivity index (χ3n) is 4.29. The van der Waals surface area contributed by atoms with Gasteiger partial charge < -0.3 is 15.4 Å². The molecular weight excluding hydrogens is 316 g/mol. The number of halogens is 1. The van der Waals surface area contributed by atoms with Crippen LogP contribution in [0.25, 0.3) is 0 Å². The van der Waals surface area contributed by atoms with Crippen molar-refractivity contribution in [1.82, 2.24) is 4.90 Å². The quantitative estimate of drug-likeness (QED) is 0.893. The van der Waals surface area contributed by atoms with Crippen LogP contribution in [0.3, 0.4) is 0 Å². The van der Waals surface area contributed by atoms with Crippen molar-refractivity contribution in [2.75, 3.05) is 26.7 Å². The first kappa shape index (κ1) is 16.0. The highest BCUT2D eigenvalue weighted by atomic mass is 79.9. The minimum atomic E-state index is 0.0138. The Kier molecular flexibility index (Phi) is 5.61. The lowest BCUT2D eigenvalue weighted by Crippen LogP contribution is -2.47. The second-order valence-electron chi connectivity index (χ2n) is 5.98. The molecule has 4 heteroatoms. The maximum absolute atomic E-state index is 6.29. The normalized spacial score (nSPS) is 25.6. The number of piperidine rings is 1. The third-order valence-corrected chi connectivity index (χ3v) is 4.81. The van der Waals surface area contributed by atoms with Crippen molar-refractivity contribution in [3.05, 3.63) is 34.3 Å². The Hall–Kier alpha value is -0.420. The average Bonchev–Trinajstić information content (AvgIpc) is 2.46. The van der Waals surface area contributed by atoms with Gasteiger partial charge in [-0.1, -0.05) is 28.1 Å². The number of rotatable bonds is 5. The number of ether oxygens (including phenoxy) is 1. The zero-order valence-electron chi connectivity index (χ0n) is 12.4. The lowest BCUT2D eigenvalue weighted by molar-refractivity contribution is -0.0510. The average molecular weight is 341 g/mol. The van der Waals surface area contributed by atoms with Gasteiger partial charge in [0, 0.05) is 30.7 Å². The van der Waals surface area contributed by atoms with Crippen LogP contribution in [-0.2, 0) is 4.74 Å². The number of hydrogen-bond acceptors (Lipinski definition) is 3. The van der Waals surface area contributed by atoms with Gasteiger partial charge in [-0.2, -0.15) is 0 Å². The van der Waals surface area contributed by atoms with Crippen molar-refractivity contribution in [3.8, 4) is 0 Å². The molecule has 1 fully saturated rings. The van der Waals surface area contributed by atoms with Crippen molar-refractivity contribution < 1.29 is 4.74 Å². The summed E-state index contributed by atoms with van der Waals surface area (Å²) in [5.74, 6) is 0. The Labute approximate surface area is 130 Å². The van der Waals surface area contributed by atoms with Crippen LogP contribution in [-0.4, -0.2) is 37.2 Å². The summed E-state index contributed by atoms with van der Waals surface area (Å²) < 4.78 is 6.73. The van der Waals surface area contributed by atoms with E-state index in [4.69, 9.17) is 10.5 Å². The summed E-state index contributed by atoms with van der Waals surface area (Å²) in [6, 6.07) is 8.42. The van der Waals surface area contributed by atoms with Gasteiger partial charge in [0.05, 0.1) is 5.60 Å². The van der Waals surface area contributed by atoms with E-state index in [0.29, 0.717) is 0 Å². The van der Waals surface area contributed by atoms with E-state index in [2.05, 4.69) is 52.0 Å². The molecule has 112 valence electrons. The Morgan fingerprint density at radius 3 is 2.75 bits per heavy atom. The second kappa shape index (κ2) is 7.03. The molecule has 0 amide bonds. The first-order valence-electron chi connectivity index (χ1n) is 7.31. The summed E-state index contributed by atoms with van der Waals surface area (Å²) in [6.45, 7) is 5.41. The Morgan fingerprint density at radius 1 is 1.40 bits per heavy atom. The van der Waals surface area contributed by atoms with E-state index < -0.39 is 0 Å². The molecule has 1 aliphatic rings. The standard InChI is InChI=1S/C16H25BrN2O/c1-16(20-2)9-3-10-19(12-16)11-8-15(18)13-4-6-14(17)7-5-13/h4-7,15H,3,8-12,18H2,1-2H3. The van der Waals surface area contributed by atoms with Crippen molar-refractivity contribution in [2.24, 2.45) is 5.73 Å². The predicted octanol–water partition coefficient (Wildman–Crippen LogP) is 3.34. The van der Waals surface area contributed by atoms with Crippen LogP contribution in [0.1, 0.15) is 37.8 Å². The van der Waals surface area contributed by atoms with Gasteiger partial charge in [-0.05, 0) is 50.4 Å². The first-order chi connectivity index (χ1) is 9.52. The van der Waals surface area contributed by atoms with E-state index in [0.717, 1.165) is 36.9 Å². The largest absolute Gasteiger partial charge is 0.377 e. The molecule has 2 rings (SSSR count). The molecule has 0 aliphatic carbocycles. The van der Waals surface area contributed by atoms with Crippen LogP contribution in [0.2, 0.25) is 0 Å². The lowest BCUT2D eigenvalue weighted by atomic mass is 9.94. The molecule has 0 spiro atoms. The fraction of sp³-hybridized carbons (Fsp3) is 0.625. The highest BCUT2D eigenvalue weighted by molar-refractivity contribution is 9.10. The van der Waals surface area contributed by atoms with Crippen molar-refractivity contribution >= 4 is 15.9 Å². The van der Waals surface area contributed by atoms with Crippen molar-refractivity contribution in [1.29, 1.82) is 0 Å². The number of nitrogens with two attached hydrogens (primary N) is 1. The molecule has 0 aromatic heterocycles. The highest BCUT2D eigenvalue weighted by Gasteiger charge is 2.30. The fourth-order valence-corrected chi connectivity index (χ4v) is 3.13. The monoisotopic (exact) mass is 340 g/mol. The Morgan fingerprint density at radius 2 is 2.10 bits per heavy atom. The lowest BCUT2D eigenvalue weighted by Gasteiger charge is -2.39. The number of methoxy groups -OCH3 is 1. The Bertz CT molecular complexity index is 423. The molecule has 3 nitrogen and oxygen atoms in total. The van der Waals surface area contributed by atoms with Gasteiger partial charge in [-0.3, -0.25) is 0 Å². The molecule has 0 radical (unpaired) electrons. The van der Waals surface area contributed by atoms with E-state index in [1.807, 2.05) is 7.11 Å². The summed E-state index contributed by atoms with van der Waals surface area (Å²) in [5, 5.41) is 0. The maximum Gasteiger partial charge on any atom is 0.0777 e. The SMILES string of the molecule is COC1(C)CCCN(CCC(N)c2ccc(Br)cc2)C1. The molecule has 1 aromatic rings. The highest BCUT2D eigenvalue weighted by Crippen LogP contribution is 2.25.